The van der Waals surface area contributed by atoms with Gasteiger partial charge in [0.25, 0.3) is 11.6 Å². The highest BCUT2D eigenvalue weighted by atomic mass is 35.5. The third-order valence-electron chi connectivity index (χ3n) is 6.12. The van der Waals surface area contributed by atoms with Crippen LogP contribution in [0.3, 0.4) is 0 Å². The van der Waals surface area contributed by atoms with Crippen molar-refractivity contribution in [3.05, 3.63) is 86.4 Å². The van der Waals surface area contributed by atoms with E-state index >= 15 is 0 Å². The Bertz CT molecular complexity index is 1280. The first-order valence-electron chi connectivity index (χ1n) is 11.1. The first-order chi connectivity index (χ1) is 17.4. The number of nitrogens with zero attached hydrogens (tertiary/aromatic N) is 2. The van der Waals surface area contributed by atoms with Crippen molar-refractivity contribution in [3.63, 3.8) is 0 Å². The minimum atomic E-state index is -0.605. The largest absolute Gasteiger partial charge is 0.497 e. The monoisotopic (exact) mass is 512 g/mol. The van der Waals surface area contributed by atoms with Crippen LogP contribution in [0.5, 0.6) is 23.0 Å². The van der Waals surface area contributed by atoms with Crippen LogP contribution in [0, 0.1) is 10.1 Å². The summed E-state index contributed by atoms with van der Waals surface area (Å²) in [7, 11) is 4.70. The van der Waals surface area contributed by atoms with Crippen molar-refractivity contribution in [2.24, 2.45) is 0 Å². The first kappa shape index (κ1) is 25.1. The molecule has 0 spiro atoms. The number of methoxy groups -OCH3 is 3. The number of nitro benzene ring substituents is 1. The smallest absolute Gasteiger partial charge is 0.288 e. The van der Waals surface area contributed by atoms with Gasteiger partial charge in [0.15, 0.2) is 11.5 Å². The SMILES string of the molecule is COc1ccc(OC[C@H]2c3cc(OC)c(OC)cc3CCN2C(=O)c2ccc(Cl)c([N+](=O)[O-])c2)cc1. The van der Waals surface area contributed by atoms with E-state index in [1.165, 1.54) is 18.2 Å². The molecular weight excluding hydrogens is 488 g/mol. The fourth-order valence-corrected chi connectivity index (χ4v) is 4.44. The van der Waals surface area contributed by atoms with Gasteiger partial charge in [-0.1, -0.05) is 11.6 Å². The van der Waals surface area contributed by atoms with E-state index in [0.29, 0.717) is 36.0 Å². The van der Waals surface area contributed by atoms with Gasteiger partial charge >= 0.3 is 0 Å². The molecule has 0 unspecified atom stereocenters. The Balaban J connectivity index is 1.71. The van der Waals surface area contributed by atoms with Gasteiger partial charge in [0.05, 0.1) is 32.3 Å². The zero-order valence-electron chi connectivity index (χ0n) is 20.0. The van der Waals surface area contributed by atoms with Crippen molar-refractivity contribution in [2.75, 3.05) is 34.5 Å². The molecule has 0 bridgehead atoms. The third-order valence-corrected chi connectivity index (χ3v) is 6.44. The van der Waals surface area contributed by atoms with Gasteiger partial charge in [-0.15, -0.1) is 0 Å². The van der Waals surface area contributed by atoms with E-state index in [1.54, 1.807) is 50.5 Å². The summed E-state index contributed by atoms with van der Waals surface area (Å²) in [6.45, 7) is 0.532. The Morgan fingerprint density at radius 1 is 1.00 bits per heavy atom. The van der Waals surface area contributed by atoms with Crippen LogP contribution in [0.1, 0.15) is 27.5 Å². The number of carbonyl (C=O) groups is 1. The molecule has 3 aromatic rings. The number of carbonyl (C=O) groups excluding carboxylic acids is 1. The zero-order valence-corrected chi connectivity index (χ0v) is 20.8. The summed E-state index contributed by atoms with van der Waals surface area (Å²) in [5.74, 6) is 2.07. The summed E-state index contributed by atoms with van der Waals surface area (Å²) in [4.78, 5) is 26.0. The fraction of sp³-hybridized carbons (Fsp3) is 0.269. The molecule has 36 heavy (non-hydrogen) atoms. The summed E-state index contributed by atoms with van der Waals surface area (Å²) in [6, 6.07) is 14.5. The molecule has 0 saturated carbocycles. The van der Waals surface area contributed by atoms with Gasteiger partial charge in [-0.25, -0.2) is 0 Å². The van der Waals surface area contributed by atoms with E-state index in [1.807, 2.05) is 12.1 Å². The van der Waals surface area contributed by atoms with E-state index in [-0.39, 0.29) is 28.8 Å². The van der Waals surface area contributed by atoms with Gasteiger partial charge < -0.3 is 23.8 Å². The van der Waals surface area contributed by atoms with Crippen molar-refractivity contribution in [2.45, 2.75) is 12.5 Å². The van der Waals surface area contributed by atoms with E-state index < -0.39 is 11.0 Å². The third kappa shape index (κ3) is 5.01. The molecule has 0 N–H and O–H groups in total. The minimum absolute atomic E-state index is 0.0308. The second-order valence-electron chi connectivity index (χ2n) is 8.08. The lowest BCUT2D eigenvalue weighted by Gasteiger charge is -2.37. The molecule has 1 aliphatic heterocycles. The first-order valence-corrected chi connectivity index (χ1v) is 11.5. The second-order valence-corrected chi connectivity index (χ2v) is 8.49. The average molecular weight is 513 g/mol. The molecule has 0 aromatic heterocycles. The van der Waals surface area contributed by atoms with E-state index in [2.05, 4.69) is 0 Å². The summed E-state index contributed by atoms with van der Waals surface area (Å²) < 4.78 is 22.2. The number of rotatable bonds is 8. The maximum absolute atomic E-state index is 13.6. The summed E-state index contributed by atoms with van der Waals surface area (Å²) in [5.41, 5.74) is 1.70. The molecular formula is C26H25ClN2O7. The van der Waals surface area contributed by atoms with Crippen LogP contribution in [0.25, 0.3) is 0 Å². The molecule has 0 saturated heterocycles. The topological polar surface area (TPSA) is 100 Å². The van der Waals surface area contributed by atoms with Crippen LogP contribution >= 0.6 is 11.6 Å². The number of halogens is 1. The van der Waals surface area contributed by atoms with Crippen LogP contribution < -0.4 is 18.9 Å². The quantitative estimate of drug-likeness (QED) is 0.306. The fourth-order valence-electron chi connectivity index (χ4n) is 4.25. The van der Waals surface area contributed by atoms with E-state index in [0.717, 1.165) is 11.1 Å². The maximum atomic E-state index is 13.6. The van der Waals surface area contributed by atoms with Crippen LogP contribution in [0.4, 0.5) is 5.69 Å². The normalized spacial score (nSPS) is 14.6. The summed E-state index contributed by atoms with van der Waals surface area (Å²) >= 11 is 5.96. The van der Waals surface area contributed by atoms with Crippen LogP contribution in [-0.2, 0) is 6.42 Å². The number of fused-ring (bicyclic) bond motifs is 1. The Kier molecular flexibility index (Phi) is 7.49. The van der Waals surface area contributed by atoms with Crippen LogP contribution in [0.2, 0.25) is 5.02 Å². The Morgan fingerprint density at radius 3 is 2.31 bits per heavy atom. The van der Waals surface area contributed by atoms with Gasteiger partial charge in [0.1, 0.15) is 23.1 Å². The van der Waals surface area contributed by atoms with Crippen molar-refractivity contribution < 1.29 is 28.7 Å². The number of hydrogen-bond donors (Lipinski definition) is 0. The van der Waals surface area contributed by atoms with Crippen molar-refractivity contribution >= 4 is 23.2 Å². The number of benzene rings is 3. The molecule has 1 aliphatic rings. The Labute approximate surface area is 213 Å². The van der Waals surface area contributed by atoms with Crippen LogP contribution in [0.15, 0.2) is 54.6 Å². The summed E-state index contributed by atoms with van der Waals surface area (Å²) in [5, 5.41) is 11.3. The number of amides is 1. The van der Waals surface area contributed by atoms with Gasteiger partial charge in [-0.2, -0.15) is 0 Å². The molecule has 1 amide bonds. The van der Waals surface area contributed by atoms with Crippen molar-refractivity contribution in [1.29, 1.82) is 0 Å². The molecule has 0 radical (unpaired) electrons. The van der Waals surface area contributed by atoms with Crippen molar-refractivity contribution in [3.8, 4) is 23.0 Å². The Hall–Kier alpha value is -3.98. The highest BCUT2D eigenvalue weighted by Crippen LogP contribution is 2.39. The number of nitro groups is 1. The second kappa shape index (κ2) is 10.7. The molecule has 0 fully saturated rings. The van der Waals surface area contributed by atoms with E-state index in [9.17, 15) is 14.9 Å². The van der Waals surface area contributed by atoms with Gasteiger partial charge in [-0.05, 0) is 66.1 Å². The minimum Gasteiger partial charge on any atom is -0.497 e. The maximum Gasteiger partial charge on any atom is 0.288 e. The molecule has 1 atom stereocenters. The standard InChI is InChI=1S/C26H25ClN2O7/c1-33-18-5-7-19(8-6-18)36-15-23-20-14-25(35-3)24(34-2)13-16(20)10-11-28(23)26(30)17-4-9-21(27)22(12-17)29(31)32/h4-9,12-14,23H,10-11,15H2,1-3H3/t23-/m0/s1. The molecule has 3 aromatic carbocycles. The Morgan fingerprint density at radius 2 is 1.67 bits per heavy atom. The van der Waals surface area contributed by atoms with Gasteiger partial charge in [0.2, 0.25) is 0 Å². The van der Waals surface area contributed by atoms with E-state index in [4.69, 9.17) is 30.5 Å². The van der Waals surface area contributed by atoms with Crippen LogP contribution in [-0.4, -0.2) is 50.2 Å². The lowest BCUT2D eigenvalue weighted by Crippen LogP contribution is -2.42. The average Bonchev–Trinajstić information content (AvgIpc) is 2.90. The molecule has 9 nitrogen and oxygen atoms in total. The molecule has 188 valence electrons. The lowest BCUT2D eigenvalue weighted by molar-refractivity contribution is -0.384. The highest BCUT2D eigenvalue weighted by Gasteiger charge is 2.34. The number of ether oxygens (including phenoxy) is 4. The molecule has 10 heteroatoms. The zero-order chi connectivity index (χ0) is 25.8. The predicted octanol–water partition coefficient (Wildman–Crippen LogP) is 5.09. The lowest BCUT2D eigenvalue weighted by atomic mass is 9.91. The predicted molar refractivity (Wildman–Crippen MR) is 134 cm³/mol. The van der Waals surface area contributed by atoms with Gasteiger partial charge in [0, 0.05) is 18.2 Å². The van der Waals surface area contributed by atoms with Gasteiger partial charge in [-0.3, -0.25) is 14.9 Å². The molecule has 4 rings (SSSR count). The summed E-state index contributed by atoms with van der Waals surface area (Å²) in [6.07, 6.45) is 0.566. The molecule has 0 aliphatic carbocycles. The highest BCUT2D eigenvalue weighted by molar-refractivity contribution is 6.32. The molecule has 1 heterocycles. The number of hydrogen-bond acceptors (Lipinski definition) is 7. The van der Waals surface area contributed by atoms with Crippen molar-refractivity contribution in [1.82, 2.24) is 4.90 Å².